The van der Waals surface area contributed by atoms with Gasteiger partial charge in [0.1, 0.15) is 0 Å². The highest BCUT2D eigenvalue weighted by Crippen LogP contribution is 2.30. The molecular weight excluding hydrogens is 346 g/mol. The number of nitrogens with zero attached hydrogens (tertiary/aromatic N) is 1. The minimum Gasteiger partial charge on any atom is -0.481 e. The number of hydrogen-bond acceptors (Lipinski definition) is 2. The Morgan fingerprint density at radius 3 is 2.32 bits per heavy atom. The summed E-state index contributed by atoms with van der Waals surface area (Å²) in [5.74, 6) is 6.11. The van der Waals surface area contributed by atoms with Gasteiger partial charge in [-0.15, -0.1) is 0 Å². The van der Waals surface area contributed by atoms with Gasteiger partial charge in [-0.3, -0.25) is 9.69 Å². The van der Waals surface area contributed by atoms with Crippen molar-refractivity contribution in [1.82, 2.24) is 4.90 Å². The molecule has 0 amide bonds. The number of carboxylic acids is 1. The fourth-order valence-electron chi connectivity index (χ4n) is 3.54. The van der Waals surface area contributed by atoms with Crippen LogP contribution in [0.15, 0.2) is 42.5 Å². The van der Waals surface area contributed by atoms with Crippen LogP contribution in [0.5, 0.6) is 0 Å². The molecule has 3 heteroatoms. The van der Waals surface area contributed by atoms with Crippen molar-refractivity contribution in [3.8, 4) is 11.8 Å². The predicted octanol–water partition coefficient (Wildman–Crippen LogP) is 4.82. The summed E-state index contributed by atoms with van der Waals surface area (Å²) >= 11 is 0. The monoisotopic (exact) mass is 375 g/mol. The van der Waals surface area contributed by atoms with Crippen LogP contribution in [0.3, 0.4) is 0 Å². The molecule has 1 aliphatic carbocycles. The van der Waals surface area contributed by atoms with E-state index < -0.39 is 5.97 Å². The van der Waals surface area contributed by atoms with E-state index in [2.05, 4.69) is 55.7 Å². The first-order chi connectivity index (χ1) is 13.5. The third kappa shape index (κ3) is 5.47. The molecule has 146 valence electrons. The summed E-state index contributed by atoms with van der Waals surface area (Å²) in [6, 6.07) is 14.8. The molecule has 0 radical (unpaired) electrons. The summed E-state index contributed by atoms with van der Waals surface area (Å²) in [5.41, 5.74) is 5.50. The van der Waals surface area contributed by atoms with Gasteiger partial charge in [0.05, 0.1) is 6.42 Å². The predicted molar refractivity (Wildman–Crippen MR) is 113 cm³/mol. The van der Waals surface area contributed by atoms with E-state index in [1.807, 2.05) is 24.3 Å². The van der Waals surface area contributed by atoms with E-state index in [1.165, 1.54) is 24.0 Å². The molecule has 3 rings (SSSR count). The molecule has 1 fully saturated rings. The van der Waals surface area contributed by atoms with Crippen molar-refractivity contribution in [2.45, 2.75) is 58.5 Å². The molecule has 0 bridgehead atoms. The number of hydrogen-bond donors (Lipinski definition) is 1. The Balaban J connectivity index is 1.77. The van der Waals surface area contributed by atoms with Crippen molar-refractivity contribution in [3.05, 3.63) is 70.3 Å². The van der Waals surface area contributed by atoms with Crippen molar-refractivity contribution in [3.63, 3.8) is 0 Å². The lowest BCUT2D eigenvalue weighted by Crippen LogP contribution is -2.25. The summed E-state index contributed by atoms with van der Waals surface area (Å²) in [6.07, 6.45) is 2.71. The number of benzene rings is 2. The molecule has 1 N–H and O–H groups in total. The molecule has 1 aliphatic rings. The fraction of sp³-hybridized carbons (Fsp3) is 0.400. The maximum Gasteiger partial charge on any atom is 0.307 e. The van der Waals surface area contributed by atoms with Crippen LogP contribution in [-0.4, -0.2) is 28.6 Å². The van der Waals surface area contributed by atoms with Gasteiger partial charge < -0.3 is 5.11 Å². The smallest absolute Gasteiger partial charge is 0.307 e. The van der Waals surface area contributed by atoms with E-state index in [0.717, 1.165) is 35.8 Å². The van der Waals surface area contributed by atoms with E-state index >= 15 is 0 Å². The molecule has 2 aromatic rings. The Morgan fingerprint density at radius 1 is 1.11 bits per heavy atom. The van der Waals surface area contributed by atoms with Crippen LogP contribution in [0.4, 0.5) is 0 Å². The lowest BCUT2D eigenvalue weighted by atomic mass is 9.94. The van der Waals surface area contributed by atoms with E-state index in [9.17, 15) is 4.79 Å². The van der Waals surface area contributed by atoms with Crippen LogP contribution in [0, 0.1) is 11.8 Å². The number of carboxylic acid groups (broad SMARTS) is 1. The highest BCUT2D eigenvalue weighted by Gasteiger charge is 2.28. The number of aliphatic carboxylic acids is 1. The Hall–Kier alpha value is -2.57. The maximum absolute atomic E-state index is 10.8. The Morgan fingerprint density at radius 2 is 1.75 bits per heavy atom. The summed E-state index contributed by atoms with van der Waals surface area (Å²) < 4.78 is 0. The van der Waals surface area contributed by atoms with Crippen molar-refractivity contribution in [2.75, 3.05) is 6.54 Å². The van der Waals surface area contributed by atoms with Gasteiger partial charge in [0.2, 0.25) is 0 Å². The standard InChI is InChI=1S/C25H29NO2/c1-4-26(23-13-14-23)17-22-12-11-20(15-24(22)18(2)3)8-5-19-6-9-21(10-7-19)16-25(27)28/h6-7,9-12,15,18,23H,4,13-14,16-17H2,1-3H3,(H,27,28). The average Bonchev–Trinajstić information content (AvgIpc) is 3.50. The van der Waals surface area contributed by atoms with Crippen molar-refractivity contribution in [2.24, 2.45) is 0 Å². The lowest BCUT2D eigenvalue weighted by molar-refractivity contribution is -0.136. The maximum atomic E-state index is 10.8. The average molecular weight is 376 g/mol. The van der Waals surface area contributed by atoms with Gasteiger partial charge in [0, 0.05) is 23.7 Å². The zero-order chi connectivity index (χ0) is 20.1. The topological polar surface area (TPSA) is 40.5 Å². The minimum absolute atomic E-state index is 0.0442. The van der Waals surface area contributed by atoms with Crippen LogP contribution in [0.25, 0.3) is 0 Å². The van der Waals surface area contributed by atoms with E-state index in [-0.39, 0.29) is 6.42 Å². The zero-order valence-corrected chi connectivity index (χ0v) is 17.0. The molecule has 2 aromatic carbocycles. The summed E-state index contributed by atoms with van der Waals surface area (Å²) in [5, 5.41) is 8.85. The highest BCUT2D eigenvalue weighted by molar-refractivity contribution is 5.70. The molecule has 28 heavy (non-hydrogen) atoms. The summed E-state index contributed by atoms with van der Waals surface area (Å²) in [6.45, 7) is 8.85. The third-order valence-electron chi connectivity index (χ3n) is 5.27. The number of rotatable bonds is 7. The first-order valence-corrected chi connectivity index (χ1v) is 10.2. The van der Waals surface area contributed by atoms with Gasteiger partial charge in [-0.25, -0.2) is 0 Å². The van der Waals surface area contributed by atoms with Gasteiger partial charge in [-0.2, -0.15) is 0 Å². The minimum atomic E-state index is -0.816. The molecule has 0 heterocycles. The largest absolute Gasteiger partial charge is 0.481 e. The first-order valence-electron chi connectivity index (χ1n) is 10.2. The number of carbonyl (C=O) groups is 1. The van der Waals surface area contributed by atoms with Gasteiger partial charge >= 0.3 is 5.97 Å². The summed E-state index contributed by atoms with van der Waals surface area (Å²) in [7, 11) is 0. The fourth-order valence-corrected chi connectivity index (χ4v) is 3.54. The molecular formula is C25H29NO2. The van der Waals surface area contributed by atoms with Crippen LogP contribution < -0.4 is 0 Å². The van der Waals surface area contributed by atoms with Crippen LogP contribution >= 0.6 is 0 Å². The Bertz CT molecular complexity index is 883. The quantitative estimate of drug-likeness (QED) is 0.705. The van der Waals surface area contributed by atoms with E-state index in [4.69, 9.17) is 5.11 Å². The summed E-state index contributed by atoms with van der Waals surface area (Å²) in [4.78, 5) is 13.3. The molecule has 0 aliphatic heterocycles. The van der Waals surface area contributed by atoms with Crippen LogP contribution in [0.2, 0.25) is 0 Å². The molecule has 0 aromatic heterocycles. The van der Waals surface area contributed by atoms with Crippen LogP contribution in [0.1, 0.15) is 67.3 Å². The second kappa shape index (κ2) is 9.08. The molecule has 0 unspecified atom stereocenters. The van der Waals surface area contributed by atoms with E-state index in [1.54, 1.807) is 0 Å². The molecule has 3 nitrogen and oxygen atoms in total. The lowest BCUT2D eigenvalue weighted by Gasteiger charge is -2.23. The molecule has 0 spiro atoms. The first kappa shape index (κ1) is 20.2. The van der Waals surface area contributed by atoms with Gasteiger partial charge in [0.25, 0.3) is 0 Å². The Labute approximate surface area is 168 Å². The molecule has 0 atom stereocenters. The van der Waals surface area contributed by atoms with Crippen LogP contribution in [-0.2, 0) is 17.8 Å². The van der Waals surface area contributed by atoms with Crippen molar-refractivity contribution in [1.29, 1.82) is 0 Å². The van der Waals surface area contributed by atoms with Gasteiger partial charge in [-0.05, 0) is 66.3 Å². The highest BCUT2D eigenvalue weighted by atomic mass is 16.4. The molecule has 1 saturated carbocycles. The van der Waals surface area contributed by atoms with Crippen molar-refractivity contribution < 1.29 is 9.90 Å². The molecule has 0 saturated heterocycles. The second-order valence-electron chi connectivity index (χ2n) is 7.88. The van der Waals surface area contributed by atoms with Gasteiger partial charge in [-0.1, -0.05) is 50.8 Å². The Kier molecular flexibility index (Phi) is 6.54. The van der Waals surface area contributed by atoms with Crippen molar-refractivity contribution >= 4 is 5.97 Å². The normalized spacial score (nSPS) is 13.5. The third-order valence-corrected chi connectivity index (χ3v) is 5.27. The zero-order valence-electron chi connectivity index (χ0n) is 17.0. The second-order valence-corrected chi connectivity index (χ2v) is 7.88. The van der Waals surface area contributed by atoms with E-state index in [0.29, 0.717) is 5.92 Å². The van der Waals surface area contributed by atoms with Gasteiger partial charge in [0.15, 0.2) is 0 Å². The SMILES string of the molecule is CCN(Cc1ccc(C#Cc2ccc(CC(=O)O)cc2)cc1C(C)C)C1CC1.